The average Bonchev–Trinajstić information content (AvgIpc) is 3.35. The predicted molar refractivity (Wildman–Crippen MR) is 133 cm³/mol. The first kappa shape index (κ1) is 22.0. The van der Waals surface area contributed by atoms with Crippen molar-refractivity contribution in [3.63, 3.8) is 0 Å². The summed E-state index contributed by atoms with van der Waals surface area (Å²) in [5.74, 6) is -0.243. The third-order valence-electron chi connectivity index (χ3n) is 4.88. The minimum Gasteiger partial charge on any atom is -0.313 e. The monoisotopic (exact) mass is 515 g/mol. The minimum atomic E-state index is -0.243. The topological polar surface area (TPSA) is 45.2 Å². The Balaban J connectivity index is 0.00000218. The van der Waals surface area contributed by atoms with E-state index in [9.17, 15) is 4.79 Å². The molecule has 0 atom stereocenters. The van der Waals surface area contributed by atoms with Crippen LogP contribution in [0.15, 0.2) is 30.3 Å². The highest BCUT2D eigenvalue weighted by molar-refractivity contribution is 7.23. The van der Waals surface area contributed by atoms with Crippen molar-refractivity contribution in [3.05, 3.63) is 55.0 Å². The first-order valence-corrected chi connectivity index (χ1v) is 12.2. The third kappa shape index (κ3) is 4.00. The van der Waals surface area contributed by atoms with E-state index in [4.69, 9.17) is 28.2 Å². The summed E-state index contributed by atoms with van der Waals surface area (Å²) in [7, 11) is 2.12. The van der Waals surface area contributed by atoms with Gasteiger partial charge in [0.1, 0.15) is 14.3 Å². The highest BCUT2D eigenvalue weighted by atomic mass is 35.5. The van der Waals surface area contributed by atoms with Crippen LogP contribution in [0.25, 0.3) is 20.8 Å². The molecule has 5 rings (SSSR count). The third-order valence-corrected chi connectivity index (χ3v) is 8.56. The van der Waals surface area contributed by atoms with E-state index in [1.807, 2.05) is 18.2 Å². The van der Waals surface area contributed by atoms with Crippen LogP contribution in [0.1, 0.15) is 20.8 Å². The number of hydrogen-bond donors (Lipinski definition) is 1. The molecule has 3 aromatic heterocycles. The number of nitrogens with zero attached hydrogens (tertiary/aromatic N) is 2. The molecule has 1 N–H and O–H groups in total. The van der Waals surface area contributed by atoms with Crippen molar-refractivity contribution in [2.75, 3.05) is 18.9 Å². The van der Waals surface area contributed by atoms with Crippen LogP contribution in [0, 0.1) is 0 Å². The fourth-order valence-corrected chi connectivity index (χ4v) is 7.38. The van der Waals surface area contributed by atoms with Crippen molar-refractivity contribution in [3.8, 4) is 10.6 Å². The van der Waals surface area contributed by atoms with Gasteiger partial charge in [0, 0.05) is 23.5 Å². The summed E-state index contributed by atoms with van der Waals surface area (Å²) in [6.45, 7) is 1.86. The standard InChI is InChI=1S/C20H15Cl2N3OS3.ClH/c1-25-7-6-10-14(9-25)28-20(24-18(26)11-8-15(21)29-17(11)22)16(10)19-23-12-4-2-3-5-13(12)27-19;/h2-5,8H,6-7,9H2,1H3,(H,24,26);1H. The lowest BCUT2D eigenvalue weighted by Crippen LogP contribution is -2.25. The lowest BCUT2D eigenvalue weighted by molar-refractivity contribution is 0.102. The zero-order valence-electron chi connectivity index (χ0n) is 15.7. The second-order valence-electron chi connectivity index (χ2n) is 6.87. The predicted octanol–water partition coefficient (Wildman–Crippen LogP) is 7.06. The fraction of sp³-hybridized carbons (Fsp3) is 0.200. The van der Waals surface area contributed by atoms with Gasteiger partial charge in [-0.05, 0) is 37.2 Å². The number of rotatable bonds is 3. The molecule has 0 radical (unpaired) electrons. The smallest absolute Gasteiger partial charge is 0.258 e. The largest absolute Gasteiger partial charge is 0.313 e. The van der Waals surface area contributed by atoms with Crippen LogP contribution >= 0.6 is 69.6 Å². The SMILES string of the molecule is CN1CCc2c(sc(NC(=O)c3cc(Cl)sc3Cl)c2-c2nc3ccccc3s2)C1.Cl. The van der Waals surface area contributed by atoms with Crippen LogP contribution < -0.4 is 5.32 Å². The zero-order valence-corrected chi connectivity index (χ0v) is 20.5. The number of nitrogens with one attached hydrogen (secondary N) is 1. The Morgan fingerprint density at radius 1 is 1.20 bits per heavy atom. The van der Waals surface area contributed by atoms with Crippen molar-refractivity contribution in [1.82, 2.24) is 9.88 Å². The number of likely N-dealkylation sites (N-methyl/N-ethyl adjacent to an activating group) is 1. The minimum absolute atomic E-state index is 0. The summed E-state index contributed by atoms with van der Waals surface area (Å²) in [6, 6.07) is 9.73. The molecule has 10 heteroatoms. The van der Waals surface area contributed by atoms with Gasteiger partial charge in [-0.15, -0.1) is 46.4 Å². The number of halogens is 3. The number of amides is 1. The molecular weight excluding hydrogens is 501 g/mol. The second-order valence-corrected chi connectivity index (χ2v) is 11.3. The normalized spacial score (nSPS) is 13.8. The number of thiazole rings is 1. The van der Waals surface area contributed by atoms with Gasteiger partial charge in [-0.3, -0.25) is 4.79 Å². The number of carbonyl (C=O) groups is 1. The van der Waals surface area contributed by atoms with Gasteiger partial charge in [0.15, 0.2) is 0 Å². The fourth-order valence-electron chi connectivity index (χ4n) is 3.49. The van der Waals surface area contributed by atoms with E-state index in [1.165, 1.54) is 21.8 Å². The van der Waals surface area contributed by atoms with Gasteiger partial charge in [0.2, 0.25) is 0 Å². The van der Waals surface area contributed by atoms with Crippen molar-refractivity contribution < 1.29 is 4.79 Å². The van der Waals surface area contributed by atoms with E-state index in [1.54, 1.807) is 28.7 Å². The Labute approximate surface area is 201 Å². The second kappa shape index (κ2) is 8.74. The molecule has 1 aliphatic heterocycles. The Hall–Kier alpha value is -1.19. The number of hydrogen-bond acceptors (Lipinski definition) is 6. The summed E-state index contributed by atoms with van der Waals surface area (Å²) >= 11 is 16.7. The van der Waals surface area contributed by atoms with E-state index >= 15 is 0 Å². The van der Waals surface area contributed by atoms with Gasteiger partial charge in [-0.25, -0.2) is 4.98 Å². The number of thiophene rings is 2. The first-order chi connectivity index (χ1) is 14.0. The lowest BCUT2D eigenvalue weighted by atomic mass is 10.0. The molecule has 1 aromatic carbocycles. The molecule has 156 valence electrons. The number of fused-ring (bicyclic) bond motifs is 2. The van der Waals surface area contributed by atoms with Crippen molar-refractivity contribution in [1.29, 1.82) is 0 Å². The summed E-state index contributed by atoms with van der Waals surface area (Å²) in [5.41, 5.74) is 3.72. The van der Waals surface area contributed by atoms with Crippen LogP contribution in [-0.4, -0.2) is 29.4 Å². The average molecular weight is 517 g/mol. The van der Waals surface area contributed by atoms with Gasteiger partial charge in [0.05, 0.1) is 20.1 Å². The Bertz CT molecular complexity index is 1210. The molecule has 1 amide bonds. The maximum absolute atomic E-state index is 12.9. The molecule has 30 heavy (non-hydrogen) atoms. The molecule has 0 unspecified atom stereocenters. The van der Waals surface area contributed by atoms with Crippen molar-refractivity contribution >= 4 is 90.7 Å². The van der Waals surface area contributed by atoms with Gasteiger partial charge in [0.25, 0.3) is 5.91 Å². The van der Waals surface area contributed by atoms with Gasteiger partial charge in [-0.2, -0.15) is 0 Å². The van der Waals surface area contributed by atoms with Gasteiger partial charge < -0.3 is 10.2 Å². The summed E-state index contributed by atoms with van der Waals surface area (Å²) in [6.07, 6.45) is 0.939. The molecule has 1 aliphatic rings. The molecule has 0 saturated carbocycles. The van der Waals surface area contributed by atoms with E-state index in [0.29, 0.717) is 14.2 Å². The number of para-hydroxylation sites is 1. The maximum Gasteiger partial charge on any atom is 0.258 e. The van der Waals surface area contributed by atoms with E-state index < -0.39 is 0 Å². The van der Waals surface area contributed by atoms with Gasteiger partial charge in [-0.1, -0.05) is 35.3 Å². The molecule has 0 bridgehead atoms. The number of aromatic nitrogens is 1. The quantitative estimate of drug-likeness (QED) is 0.317. The Morgan fingerprint density at radius 3 is 2.73 bits per heavy atom. The highest BCUT2D eigenvalue weighted by Crippen LogP contribution is 2.46. The maximum atomic E-state index is 12.9. The molecular formula is C20H16Cl3N3OS3. The van der Waals surface area contributed by atoms with Gasteiger partial charge >= 0.3 is 0 Å². The summed E-state index contributed by atoms with van der Waals surface area (Å²) in [5, 5.41) is 4.86. The van der Waals surface area contributed by atoms with E-state index in [-0.39, 0.29) is 18.3 Å². The van der Waals surface area contributed by atoms with Crippen molar-refractivity contribution in [2.24, 2.45) is 0 Å². The first-order valence-electron chi connectivity index (χ1n) is 8.95. The zero-order chi connectivity index (χ0) is 20.1. The van der Waals surface area contributed by atoms with Crippen molar-refractivity contribution in [2.45, 2.75) is 13.0 Å². The van der Waals surface area contributed by atoms with E-state index in [0.717, 1.165) is 45.3 Å². The summed E-state index contributed by atoms with van der Waals surface area (Å²) in [4.78, 5) is 21.3. The number of carbonyl (C=O) groups excluding carboxylic acids is 1. The van der Waals surface area contributed by atoms with Crippen LogP contribution in [0.4, 0.5) is 5.00 Å². The molecule has 0 aliphatic carbocycles. The molecule has 0 saturated heterocycles. The Kier molecular flexibility index (Phi) is 6.42. The molecule has 0 fully saturated rings. The molecule has 4 aromatic rings. The van der Waals surface area contributed by atoms with Crippen LogP contribution in [0.2, 0.25) is 8.67 Å². The van der Waals surface area contributed by atoms with Crippen LogP contribution in [0.3, 0.4) is 0 Å². The molecule has 4 heterocycles. The molecule has 4 nitrogen and oxygen atoms in total. The van der Waals surface area contributed by atoms with E-state index in [2.05, 4.69) is 23.3 Å². The van der Waals surface area contributed by atoms with Crippen LogP contribution in [0.5, 0.6) is 0 Å². The lowest BCUT2D eigenvalue weighted by Gasteiger charge is -2.22. The van der Waals surface area contributed by atoms with Crippen LogP contribution in [-0.2, 0) is 13.0 Å². The molecule has 0 spiro atoms. The highest BCUT2D eigenvalue weighted by Gasteiger charge is 2.27. The number of anilines is 1. The Morgan fingerprint density at radius 2 is 2.00 bits per heavy atom. The number of benzene rings is 1. The summed E-state index contributed by atoms with van der Waals surface area (Å²) < 4.78 is 2.04.